The van der Waals surface area contributed by atoms with Crippen molar-refractivity contribution in [1.29, 1.82) is 0 Å². The molecule has 0 unspecified atom stereocenters. The molecule has 2 N–H and O–H groups in total. The Bertz CT molecular complexity index is 509. The third-order valence-electron chi connectivity index (χ3n) is 2.47. The van der Waals surface area contributed by atoms with Crippen LogP contribution in [0.4, 0.5) is 5.82 Å². The molecule has 3 heteroatoms. The summed E-state index contributed by atoms with van der Waals surface area (Å²) in [6.45, 7) is 4.13. The first-order valence-electron chi connectivity index (χ1n) is 5.12. The number of aryl methyl sites for hydroxylation is 2. The van der Waals surface area contributed by atoms with Crippen LogP contribution in [0.5, 0.6) is 11.5 Å². The average molecular weight is 214 g/mol. The van der Waals surface area contributed by atoms with Gasteiger partial charge in [-0.25, -0.2) is 4.98 Å². The van der Waals surface area contributed by atoms with Gasteiger partial charge in [0.05, 0.1) is 0 Å². The molecule has 0 saturated carbocycles. The van der Waals surface area contributed by atoms with Gasteiger partial charge in [0.1, 0.15) is 17.3 Å². The molecule has 0 saturated heterocycles. The van der Waals surface area contributed by atoms with Crippen LogP contribution in [0.3, 0.4) is 0 Å². The first kappa shape index (κ1) is 10.5. The van der Waals surface area contributed by atoms with Crippen LogP contribution in [0.15, 0.2) is 36.5 Å². The SMILES string of the molecule is Cc1ccc(Oc2ccnc(N)c2)cc1C. The zero-order chi connectivity index (χ0) is 11.5. The molecule has 16 heavy (non-hydrogen) atoms. The lowest BCUT2D eigenvalue weighted by Crippen LogP contribution is -1.91. The van der Waals surface area contributed by atoms with Crippen molar-refractivity contribution in [2.24, 2.45) is 0 Å². The first-order valence-corrected chi connectivity index (χ1v) is 5.12. The van der Waals surface area contributed by atoms with Gasteiger partial charge in [0.25, 0.3) is 0 Å². The second-order valence-corrected chi connectivity index (χ2v) is 3.76. The third kappa shape index (κ3) is 2.31. The van der Waals surface area contributed by atoms with Gasteiger partial charge in [-0.3, -0.25) is 0 Å². The van der Waals surface area contributed by atoms with Gasteiger partial charge >= 0.3 is 0 Å². The lowest BCUT2D eigenvalue weighted by molar-refractivity contribution is 0.482. The van der Waals surface area contributed by atoms with E-state index in [-0.39, 0.29) is 0 Å². The summed E-state index contributed by atoms with van der Waals surface area (Å²) in [7, 11) is 0. The molecule has 82 valence electrons. The fourth-order valence-electron chi connectivity index (χ4n) is 1.40. The van der Waals surface area contributed by atoms with E-state index in [1.54, 1.807) is 18.3 Å². The normalized spacial score (nSPS) is 10.1. The Kier molecular flexibility index (Phi) is 2.77. The fraction of sp³-hybridized carbons (Fsp3) is 0.154. The second kappa shape index (κ2) is 4.23. The maximum atomic E-state index is 5.68. The molecule has 0 radical (unpaired) electrons. The van der Waals surface area contributed by atoms with Crippen LogP contribution in [-0.4, -0.2) is 4.98 Å². The lowest BCUT2D eigenvalue weighted by atomic mass is 10.1. The highest BCUT2D eigenvalue weighted by Crippen LogP contribution is 2.23. The molecule has 0 spiro atoms. The predicted octanol–water partition coefficient (Wildman–Crippen LogP) is 3.07. The van der Waals surface area contributed by atoms with Crippen LogP contribution < -0.4 is 10.5 Å². The third-order valence-corrected chi connectivity index (χ3v) is 2.47. The van der Waals surface area contributed by atoms with Gasteiger partial charge in [-0.15, -0.1) is 0 Å². The van der Waals surface area contributed by atoms with Crippen LogP contribution in [0.25, 0.3) is 0 Å². The number of benzene rings is 1. The monoisotopic (exact) mass is 214 g/mol. The lowest BCUT2D eigenvalue weighted by Gasteiger charge is -2.07. The van der Waals surface area contributed by atoms with E-state index in [2.05, 4.69) is 18.8 Å². The molecule has 0 atom stereocenters. The largest absolute Gasteiger partial charge is 0.457 e. The molecule has 3 nitrogen and oxygen atoms in total. The van der Waals surface area contributed by atoms with Crippen molar-refractivity contribution in [3.63, 3.8) is 0 Å². The quantitative estimate of drug-likeness (QED) is 0.835. The van der Waals surface area contributed by atoms with Crippen LogP contribution >= 0.6 is 0 Å². The summed E-state index contributed by atoms with van der Waals surface area (Å²) in [5.74, 6) is 1.98. The predicted molar refractivity (Wildman–Crippen MR) is 64.6 cm³/mol. The van der Waals surface area contributed by atoms with E-state index in [9.17, 15) is 0 Å². The highest BCUT2D eigenvalue weighted by molar-refractivity contribution is 5.40. The van der Waals surface area contributed by atoms with E-state index in [0.717, 1.165) is 5.75 Å². The molecule has 0 aliphatic heterocycles. The summed E-state index contributed by atoms with van der Waals surface area (Å²) in [5.41, 5.74) is 8.03. The maximum Gasteiger partial charge on any atom is 0.132 e. The van der Waals surface area contributed by atoms with Crippen molar-refractivity contribution in [1.82, 2.24) is 4.98 Å². The molecule has 1 aromatic heterocycles. The summed E-state index contributed by atoms with van der Waals surface area (Å²) in [6.07, 6.45) is 1.63. The summed E-state index contributed by atoms with van der Waals surface area (Å²) in [4.78, 5) is 3.91. The average Bonchev–Trinajstić information content (AvgIpc) is 2.24. The van der Waals surface area contributed by atoms with Crippen molar-refractivity contribution in [3.05, 3.63) is 47.7 Å². The molecule has 0 aliphatic rings. The van der Waals surface area contributed by atoms with E-state index < -0.39 is 0 Å². The topological polar surface area (TPSA) is 48.1 Å². The number of hydrogen-bond donors (Lipinski definition) is 1. The highest BCUT2D eigenvalue weighted by atomic mass is 16.5. The molecule has 2 aromatic rings. The minimum atomic E-state index is 0.460. The number of ether oxygens (including phenoxy) is 1. The van der Waals surface area contributed by atoms with Crippen molar-refractivity contribution >= 4 is 5.82 Å². The molecular formula is C13H14N2O. The number of anilines is 1. The summed E-state index contributed by atoms with van der Waals surface area (Å²) < 4.78 is 5.68. The molecule has 0 bridgehead atoms. The van der Waals surface area contributed by atoms with Crippen LogP contribution in [0.1, 0.15) is 11.1 Å². The minimum absolute atomic E-state index is 0.460. The van der Waals surface area contributed by atoms with Crippen LogP contribution in [0, 0.1) is 13.8 Å². The van der Waals surface area contributed by atoms with Crippen molar-refractivity contribution < 1.29 is 4.74 Å². The summed E-state index contributed by atoms with van der Waals surface area (Å²) in [5, 5.41) is 0. The maximum absolute atomic E-state index is 5.68. The van der Waals surface area contributed by atoms with Crippen LogP contribution in [0.2, 0.25) is 0 Å². The van der Waals surface area contributed by atoms with Gasteiger partial charge in [-0.1, -0.05) is 6.07 Å². The summed E-state index contributed by atoms with van der Waals surface area (Å²) >= 11 is 0. The van der Waals surface area contributed by atoms with Crippen molar-refractivity contribution in [2.45, 2.75) is 13.8 Å². The summed E-state index contributed by atoms with van der Waals surface area (Å²) in [6, 6.07) is 9.47. The number of hydrogen-bond acceptors (Lipinski definition) is 3. The van der Waals surface area contributed by atoms with Gasteiger partial charge in [-0.2, -0.15) is 0 Å². The van der Waals surface area contributed by atoms with Crippen LogP contribution in [-0.2, 0) is 0 Å². The number of nitrogens with zero attached hydrogens (tertiary/aromatic N) is 1. The van der Waals surface area contributed by atoms with E-state index >= 15 is 0 Å². The molecule has 0 amide bonds. The Morgan fingerprint density at radius 2 is 1.75 bits per heavy atom. The zero-order valence-electron chi connectivity index (χ0n) is 9.40. The molecule has 0 fully saturated rings. The Labute approximate surface area is 94.9 Å². The van der Waals surface area contributed by atoms with E-state index in [4.69, 9.17) is 10.5 Å². The smallest absolute Gasteiger partial charge is 0.132 e. The number of pyridine rings is 1. The van der Waals surface area contributed by atoms with Crippen molar-refractivity contribution in [2.75, 3.05) is 5.73 Å². The van der Waals surface area contributed by atoms with Gasteiger partial charge in [0, 0.05) is 12.3 Å². The van der Waals surface area contributed by atoms with E-state index in [1.807, 2.05) is 18.2 Å². The molecular weight excluding hydrogens is 200 g/mol. The fourth-order valence-corrected chi connectivity index (χ4v) is 1.40. The number of nitrogen functional groups attached to an aromatic ring is 1. The molecule has 2 rings (SSSR count). The van der Waals surface area contributed by atoms with Gasteiger partial charge in [0.15, 0.2) is 0 Å². The Morgan fingerprint density at radius 3 is 2.44 bits per heavy atom. The number of nitrogens with two attached hydrogens (primary N) is 1. The molecule has 1 aromatic carbocycles. The molecule has 0 aliphatic carbocycles. The number of aromatic nitrogens is 1. The highest BCUT2D eigenvalue weighted by Gasteiger charge is 2.00. The Balaban J connectivity index is 2.24. The van der Waals surface area contributed by atoms with Crippen molar-refractivity contribution in [3.8, 4) is 11.5 Å². The van der Waals surface area contributed by atoms with E-state index in [0.29, 0.717) is 11.6 Å². The van der Waals surface area contributed by atoms with Gasteiger partial charge in [-0.05, 0) is 43.2 Å². The first-order chi connectivity index (χ1) is 7.65. The van der Waals surface area contributed by atoms with E-state index in [1.165, 1.54) is 11.1 Å². The van der Waals surface area contributed by atoms with Gasteiger partial charge < -0.3 is 10.5 Å². The standard InChI is InChI=1S/C13H14N2O/c1-9-3-4-11(7-10(9)2)16-12-5-6-15-13(14)8-12/h3-8H,1-2H3,(H2,14,15). The minimum Gasteiger partial charge on any atom is -0.457 e. The second-order valence-electron chi connectivity index (χ2n) is 3.76. The zero-order valence-corrected chi connectivity index (χ0v) is 9.40. The Morgan fingerprint density at radius 1 is 1.00 bits per heavy atom. The van der Waals surface area contributed by atoms with Gasteiger partial charge in [0.2, 0.25) is 0 Å². The number of rotatable bonds is 2. The molecule has 1 heterocycles. The Hall–Kier alpha value is -2.03.